The molecule has 1 saturated heterocycles. The molecule has 6 heteroatoms. The van der Waals surface area contributed by atoms with Gasteiger partial charge in [0.05, 0.1) is 25.3 Å². The minimum absolute atomic E-state index is 0.157. The number of H-pyrrole nitrogens is 1. The fraction of sp³-hybridized carbons (Fsp3) is 0.273. The van der Waals surface area contributed by atoms with Crippen LogP contribution in [0.3, 0.4) is 0 Å². The Morgan fingerprint density at radius 2 is 2.04 bits per heavy atom. The number of hydrogen-bond acceptors (Lipinski definition) is 4. The van der Waals surface area contributed by atoms with Gasteiger partial charge in [0.2, 0.25) is 5.91 Å². The summed E-state index contributed by atoms with van der Waals surface area (Å²) in [5, 5.41) is 4.45. The molecule has 6 nitrogen and oxygen atoms in total. The lowest BCUT2D eigenvalue weighted by Gasteiger charge is -2.18. The minimum atomic E-state index is -0.510. The predicted octanol–water partition coefficient (Wildman–Crippen LogP) is 2.95. The van der Waals surface area contributed by atoms with Crippen LogP contribution < -0.4 is 15.0 Å². The van der Waals surface area contributed by atoms with E-state index in [0.717, 1.165) is 11.9 Å². The van der Waals surface area contributed by atoms with Gasteiger partial charge in [-0.1, -0.05) is 23.8 Å². The van der Waals surface area contributed by atoms with Gasteiger partial charge in [0.1, 0.15) is 5.75 Å². The first-order valence-corrected chi connectivity index (χ1v) is 9.38. The number of hydrogen-bond donors (Lipinski definition) is 2. The number of benzene rings is 2. The number of aromatic nitrogens is 1. The van der Waals surface area contributed by atoms with Crippen molar-refractivity contribution in [2.45, 2.75) is 25.8 Å². The molecule has 0 radical (unpaired) electrons. The number of anilines is 1. The molecule has 28 heavy (non-hydrogen) atoms. The average Bonchev–Trinajstić information content (AvgIpc) is 3.22. The first-order valence-electron chi connectivity index (χ1n) is 9.38. The van der Waals surface area contributed by atoms with Gasteiger partial charge in [-0.25, -0.2) is 4.90 Å². The molecule has 1 atom stereocenters. The van der Waals surface area contributed by atoms with E-state index in [1.165, 1.54) is 28.5 Å². The number of nitrogens with zero attached hydrogens (tertiary/aromatic N) is 1. The third kappa shape index (κ3) is 3.27. The van der Waals surface area contributed by atoms with Crippen molar-refractivity contribution in [1.29, 1.82) is 0 Å². The summed E-state index contributed by atoms with van der Waals surface area (Å²) in [5.41, 5.74) is 4.02. The van der Waals surface area contributed by atoms with Crippen LogP contribution in [0.15, 0.2) is 48.7 Å². The van der Waals surface area contributed by atoms with Gasteiger partial charge in [-0.2, -0.15) is 0 Å². The van der Waals surface area contributed by atoms with Crippen molar-refractivity contribution in [2.24, 2.45) is 0 Å². The van der Waals surface area contributed by atoms with Crippen molar-refractivity contribution in [2.75, 3.05) is 18.6 Å². The van der Waals surface area contributed by atoms with Gasteiger partial charge >= 0.3 is 0 Å². The van der Waals surface area contributed by atoms with Gasteiger partial charge < -0.3 is 15.0 Å². The Balaban J connectivity index is 1.44. The number of aryl methyl sites for hydroxylation is 1. The second-order valence-electron chi connectivity index (χ2n) is 7.06. The Hall–Kier alpha value is -3.12. The molecule has 2 N–H and O–H groups in total. The van der Waals surface area contributed by atoms with E-state index >= 15 is 0 Å². The quantitative estimate of drug-likeness (QED) is 0.648. The van der Waals surface area contributed by atoms with Crippen LogP contribution in [0, 0.1) is 6.92 Å². The molecule has 4 rings (SSSR count). The van der Waals surface area contributed by atoms with Crippen molar-refractivity contribution in [3.63, 3.8) is 0 Å². The summed E-state index contributed by atoms with van der Waals surface area (Å²) in [6.07, 6.45) is 2.94. The number of para-hydroxylation sites is 2. The molecule has 0 aliphatic carbocycles. The molecule has 2 aromatic carbocycles. The van der Waals surface area contributed by atoms with E-state index in [0.29, 0.717) is 18.0 Å². The summed E-state index contributed by atoms with van der Waals surface area (Å²) in [5.74, 6) is 0.0676. The zero-order chi connectivity index (χ0) is 19.7. The number of amides is 2. The standard InChI is InChI=1S/C22H23N3O3/c1-14-7-8-17-16(11-14)15(13-24-17)9-10-23-18-12-21(26)25(22(18)27)19-5-3-4-6-20(19)28-2/h3-8,11,13,18,23-24H,9-10,12H2,1-2H3/t18-/m0/s1. The lowest BCUT2D eigenvalue weighted by atomic mass is 10.1. The van der Waals surface area contributed by atoms with Gasteiger partial charge in [-0.15, -0.1) is 0 Å². The number of rotatable bonds is 6. The molecule has 0 bridgehead atoms. The van der Waals surface area contributed by atoms with E-state index in [1.54, 1.807) is 18.2 Å². The Morgan fingerprint density at radius 1 is 1.21 bits per heavy atom. The van der Waals surface area contributed by atoms with Crippen LogP contribution in [-0.2, 0) is 16.0 Å². The SMILES string of the molecule is COc1ccccc1N1C(=O)C[C@H](NCCc2c[nH]c3ccc(C)cc23)C1=O. The molecule has 1 aliphatic rings. The Labute approximate surface area is 163 Å². The van der Waals surface area contributed by atoms with Crippen LogP contribution >= 0.6 is 0 Å². The summed E-state index contributed by atoms with van der Waals surface area (Å²) in [6, 6.07) is 12.9. The number of fused-ring (bicyclic) bond motifs is 1. The van der Waals surface area contributed by atoms with Gasteiger partial charge in [0.15, 0.2) is 0 Å². The Kier molecular flexibility index (Phi) is 4.88. The van der Waals surface area contributed by atoms with Crippen molar-refractivity contribution in [3.8, 4) is 5.75 Å². The van der Waals surface area contributed by atoms with E-state index in [1.807, 2.05) is 12.3 Å². The van der Waals surface area contributed by atoms with Gasteiger partial charge in [0, 0.05) is 23.6 Å². The molecule has 1 aromatic heterocycles. The fourth-order valence-corrected chi connectivity index (χ4v) is 3.74. The average molecular weight is 377 g/mol. The number of carbonyl (C=O) groups is 2. The molecule has 144 valence electrons. The number of methoxy groups -OCH3 is 1. The largest absolute Gasteiger partial charge is 0.495 e. The normalized spacial score (nSPS) is 16.9. The molecular weight excluding hydrogens is 354 g/mol. The second-order valence-corrected chi connectivity index (χ2v) is 7.06. The number of nitrogens with one attached hydrogen (secondary N) is 2. The highest BCUT2D eigenvalue weighted by Crippen LogP contribution is 2.31. The van der Waals surface area contributed by atoms with Gasteiger partial charge in [-0.05, 0) is 43.2 Å². The van der Waals surface area contributed by atoms with Crippen molar-refractivity contribution in [1.82, 2.24) is 10.3 Å². The van der Waals surface area contributed by atoms with E-state index in [4.69, 9.17) is 4.74 Å². The highest BCUT2D eigenvalue weighted by molar-refractivity contribution is 6.23. The van der Waals surface area contributed by atoms with Crippen LogP contribution in [0.25, 0.3) is 10.9 Å². The van der Waals surface area contributed by atoms with E-state index in [2.05, 4.69) is 35.4 Å². The first kappa shape index (κ1) is 18.3. The van der Waals surface area contributed by atoms with Crippen LogP contribution in [0.1, 0.15) is 17.5 Å². The van der Waals surface area contributed by atoms with Crippen molar-refractivity contribution in [3.05, 3.63) is 59.8 Å². The molecular formula is C22H23N3O3. The lowest BCUT2D eigenvalue weighted by Crippen LogP contribution is -2.39. The summed E-state index contributed by atoms with van der Waals surface area (Å²) in [7, 11) is 1.53. The third-order valence-corrected chi connectivity index (χ3v) is 5.18. The fourth-order valence-electron chi connectivity index (χ4n) is 3.74. The van der Waals surface area contributed by atoms with E-state index in [9.17, 15) is 9.59 Å². The molecule has 1 fully saturated rings. The molecule has 2 amide bonds. The first-order chi connectivity index (χ1) is 13.6. The summed E-state index contributed by atoms with van der Waals surface area (Å²) >= 11 is 0. The maximum atomic E-state index is 12.8. The minimum Gasteiger partial charge on any atom is -0.495 e. The number of ether oxygens (including phenoxy) is 1. The van der Waals surface area contributed by atoms with E-state index < -0.39 is 6.04 Å². The molecule has 3 aromatic rings. The van der Waals surface area contributed by atoms with Crippen molar-refractivity contribution < 1.29 is 14.3 Å². The molecule has 2 heterocycles. The zero-order valence-corrected chi connectivity index (χ0v) is 16.0. The monoisotopic (exact) mass is 377 g/mol. The van der Waals surface area contributed by atoms with Gasteiger partial charge in [0.25, 0.3) is 5.91 Å². The van der Waals surface area contributed by atoms with Crippen LogP contribution in [0.5, 0.6) is 5.75 Å². The molecule has 0 spiro atoms. The van der Waals surface area contributed by atoms with Crippen molar-refractivity contribution >= 4 is 28.4 Å². The highest BCUT2D eigenvalue weighted by atomic mass is 16.5. The smallest absolute Gasteiger partial charge is 0.251 e. The maximum absolute atomic E-state index is 12.8. The Bertz CT molecular complexity index is 1040. The van der Waals surface area contributed by atoms with E-state index in [-0.39, 0.29) is 18.2 Å². The summed E-state index contributed by atoms with van der Waals surface area (Å²) in [6.45, 7) is 2.69. The summed E-state index contributed by atoms with van der Waals surface area (Å²) < 4.78 is 5.30. The van der Waals surface area contributed by atoms with Crippen LogP contribution in [-0.4, -0.2) is 36.5 Å². The highest BCUT2D eigenvalue weighted by Gasteiger charge is 2.40. The van der Waals surface area contributed by atoms with Crippen LogP contribution in [0.4, 0.5) is 5.69 Å². The topological polar surface area (TPSA) is 74.4 Å². The molecule has 1 aliphatic heterocycles. The maximum Gasteiger partial charge on any atom is 0.251 e. The Morgan fingerprint density at radius 3 is 2.86 bits per heavy atom. The lowest BCUT2D eigenvalue weighted by molar-refractivity contribution is -0.121. The zero-order valence-electron chi connectivity index (χ0n) is 16.0. The summed E-state index contributed by atoms with van der Waals surface area (Å²) in [4.78, 5) is 29.8. The predicted molar refractivity (Wildman–Crippen MR) is 109 cm³/mol. The molecule has 0 saturated carbocycles. The number of carbonyl (C=O) groups excluding carboxylic acids is 2. The number of aromatic amines is 1. The third-order valence-electron chi connectivity index (χ3n) is 5.18. The van der Waals surface area contributed by atoms with Crippen LogP contribution in [0.2, 0.25) is 0 Å². The molecule has 0 unspecified atom stereocenters. The van der Waals surface area contributed by atoms with Gasteiger partial charge in [-0.3, -0.25) is 9.59 Å². The second kappa shape index (κ2) is 7.48. The number of imide groups is 1.